The van der Waals surface area contributed by atoms with Crippen molar-refractivity contribution >= 4 is 10.9 Å². The Balaban J connectivity index is 2.73. The van der Waals surface area contributed by atoms with Crippen LogP contribution in [0.4, 0.5) is 0 Å². The zero-order valence-electron chi connectivity index (χ0n) is 9.69. The van der Waals surface area contributed by atoms with Crippen molar-refractivity contribution in [3.63, 3.8) is 0 Å². The molecule has 1 heterocycles. The third-order valence-corrected chi connectivity index (χ3v) is 2.63. The van der Waals surface area contributed by atoms with E-state index in [-0.39, 0.29) is 0 Å². The lowest BCUT2D eigenvalue weighted by atomic mass is 10.0. The Bertz CT molecular complexity index is 521. The monoisotopic (exact) mass is 217 g/mol. The molecule has 16 heavy (non-hydrogen) atoms. The maximum absolute atomic E-state index is 9.71. The summed E-state index contributed by atoms with van der Waals surface area (Å²) in [6, 6.07) is 7.61. The fraction of sp³-hybridized carbons (Fsp3) is 0.308. The van der Waals surface area contributed by atoms with E-state index in [0.29, 0.717) is 0 Å². The standard InChI is InChI=1S/C13H15NO2/c1-8-6-12(9(2)15)11-5-4-10(16-3)7-13(11)14-8/h4-7,9,15H,1-3H3. The highest BCUT2D eigenvalue weighted by Gasteiger charge is 2.09. The van der Waals surface area contributed by atoms with Gasteiger partial charge in [-0.1, -0.05) is 0 Å². The summed E-state index contributed by atoms with van der Waals surface area (Å²) in [7, 11) is 1.63. The molecule has 1 aromatic heterocycles. The minimum absolute atomic E-state index is 0.488. The molecule has 1 N–H and O–H groups in total. The maximum Gasteiger partial charge on any atom is 0.121 e. The Labute approximate surface area is 94.7 Å². The van der Waals surface area contributed by atoms with Gasteiger partial charge in [-0.05, 0) is 37.6 Å². The van der Waals surface area contributed by atoms with E-state index in [1.807, 2.05) is 31.2 Å². The third kappa shape index (κ3) is 1.86. The predicted molar refractivity (Wildman–Crippen MR) is 63.7 cm³/mol. The first kappa shape index (κ1) is 10.9. The van der Waals surface area contributed by atoms with Crippen molar-refractivity contribution in [1.82, 2.24) is 4.98 Å². The Morgan fingerprint density at radius 2 is 2.06 bits per heavy atom. The van der Waals surface area contributed by atoms with Crippen LogP contribution in [0, 0.1) is 6.92 Å². The number of fused-ring (bicyclic) bond motifs is 1. The van der Waals surface area contributed by atoms with E-state index in [2.05, 4.69) is 4.98 Å². The molecule has 0 fully saturated rings. The highest BCUT2D eigenvalue weighted by atomic mass is 16.5. The third-order valence-electron chi connectivity index (χ3n) is 2.63. The molecule has 0 saturated heterocycles. The zero-order chi connectivity index (χ0) is 11.7. The van der Waals surface area contributed by atoms with Crippen molar-refractivity contribution in [1.29, 1.82) is 0 Å². The second kappa shape index (κ2) is 4.10. The molecule has 1 unspecified atom stereocenters. The average molecular weight is 217 g/mol. The zero-order valence-corrected chi connectivity index (χ0v) is 9.69. The van der Waals surface area contributed by atoms with Crippen LogP contribution >= 0.6 is 0 Å². The quantitative estimate of drug-likeness (QED) is 0.840. The SMILES string of the molecule is COc1ccc2c(C(C)O)cc(C)nc2c1. The summed E-state index contributed by atoms with van der Waals surface area (Å²) in [5.74, 6) is 0.780. The molecule has 0 bridgehead atoms. The number of rotatable bonds is 2. The Morgan fingerprint density at radius 1 is 1.31 bits per heavy atom. The molecule has 0 spiro atoms. The van der Waals surface area contributed by atoms with Gasteiger partial charge in [0.1, 0.15) is 5.75 Å². The smallest absolute Gasteiger partial charge is 0.121 e. The van der Waals surface area contributed by atoms with Gasteiger partial charge in [0.25, 0.3) is 0 Å². The summed E-state index contributed by atoms with van der Waals surface area (Å²) in [6.07, 6.45) is -0.488. The van der Waals surface area contributed by atoms with Gasteiger partial charge in [0.15, 0.2) is 0 Å². The molecule has 0 aliphatic rings. The van der Waals surface area contributed by atoms with Crippen LogP contribution in [0.1, 0.15) is 24.3 Å². The Kier molecular flexibility index (Phi) is 2.79. The Hall–Kier alpha value is -1.61. The summed E-state index contributed by atoms with van der Waals surface area (Å²) in [6.45, 7) is 3.68. The molecule has 0 amide bonds. The molecule has 84 valence electrons. The number of pyridine rings is 1. The van der Waals surface area contributed by atoms with E-state index in [9.17, 15) is 5.11 Å². The normalized spacial score (nSPS) is 12.8. The van der Waals surface area contributed by atoms with E-state index in [1.165, 1.54) is 0 Å². The number of aryl methyl sites for hydroxylation is 1. The van der Waals surface area contributed by atoms with Crippen molar-refractivity contribution in [3.8, 4) is 5.75 Å². The maximum atomic E-state index is 9.71. The molecule has 0 saturated carbocycles. The summed E-state index contributed by atoms with van der Waals surface area (Å²) < 4.78 is 5.16. The minimum atomic E-state index is -0.488. The Morgan fingerprint density at radius 3 is 2.69 bits per heavy atom. The molecule has 0 aliphatic carbocycles. The minimum Gasteiger partial charge on any atom is -0.497 e. The molecule has 3 heteroatoms. The average Bonchev–Trinajstić information content (AvgIpc) is 2.26. The van der Waals surface area contributed by atoms with Crippen LogP contribution < -0.4 is 4.74 Å². The number of methoxy groups -OCH3 is 1. The van der Waals surface area contributed by atoms with Crippen LogP contribution in [0.3, 0.4) is 0 Å². The van der Waals surface area contributed by atoms with Crippen LogP contribution in [0.5, 0.6) is 5.75 Å². The van der Waals surface area contributed by atoms with Crippen LogP contribution in [-0.4, -0.2) is 17.2 Å². The largest absolute Gasteiger partial charge is 0.497 e. The van der Waals surface area contributed by atoms with Gasteiger partial charge in [0.05, 0.1) is 18.7 Å². The number of hydrogen-bond donors (Lipinski definition) is 1. The van der Waals surface area contributed by atoms with Crippen molar-refractivity contribution in [2.24, 2.45) is 0 Å². The number of hydrogen-bond acceptors (Lipinski definition) is 3. The summed E-state index contributed by atoms with van der Waals surface area (Å²) >= 11 is 0. The summed E-state index contributed by atoms with van der Waals surface area (Å²) in [5, 5.41) is 10.7. The van der Waals surface area contributed by atoms with Crippen LogP contribution in [0.2, 0.25) is 0 Å². The molecule has 1 aromatic carbocycles. The van der Waals surface area contributed by atoms with Crippen LogP contribution in [0.15, 0.2) is 24.3 Å². The number of benzene rings is 1. The first-order valence-electron chi connectivity index (χ1n) is 5.25. The topological polar surface area (TPSA) is 42.4 Å². The molecular formula is C13H15NO2. The van der Waals surface area contributed by atoms with E-state index in [1.54, 1.807) is 14.0 Å². The highest BCUT2D eigenvalue weighted by molar-refractivity contribution is 5.84. The number of aromatic nitrogens is 1. The number of aliphatic hydroxyl groups is 1. The number of aliphatic hydroxyl groups excluding tert-OH is 1. The van der Waals surface area contributed by atoms with Gasteiger partial charge in [0, 0.05) is 17.1 Å². The van der Waals surface area contributed by atoms with Crippen molar-refractivity contribution in [2.45, 2.75) is 20.0 Å². The van der Waals surface area contributed by atoms with Gasteiger partial charge in [-0.15, -0.1) is 0 Å². The second-order valence-electron chi connectivity index (χ2n) is 3.91. The fourth-order valence-corrected chi connectivity index (χ4v) is 1.85. The molecule has 2 rings (SSSR count). The molecule has 1 atom stereocenters. The van der Waals surface area contributed by atoms with E-state index in [4.69, 9.17) is 4.74 Å². The lowest BCUT2D eigenvalue weighted by molar-refractivity contribution is 0.200. The summed E-state index contributed by atoms with van der Waals surface area (Å²) in [4.78, 5) is 4.44. The van der Waals surface area contributed by atoms with Gasteiger partial charge in [-0.25, -0.2) is 0 Å². The second-order valence-corrected chi connectivity index (χ2v) is 3.91. The van der Waals surface area contributed by atoms with Crippen molar-refractivity contribution in [3.05, 3.63) is 35.5 Å². The summed E-state index contributed by atoms with van der Waals surface area (Å²) in [5.41, 5.74) is 2.66. The van der Waals surface area contributed by atoms with Gasteiger partial charge in [-0.2, -0.15) is 0 Å². The van der Waals surface area contributed by atoms with Gasteiger partial charge >= 0.3 is 0 Å². The van der Waals surface area contributed by atoms with Gasteiger partial charge in [-0.3, -0.25) is 4.98 Å². The van der Waals surface area contributed by atoms with Crippen molar-refractivity contribution < 1.29 is 9.84 Å². The number of ether oxygens (including phenoxy) is 1. The molecular weight excluding hydrogens is 202 g/mol. The van der Waals surface area contributed by atoms with Gasteiger partial charge in [0.2, 0.25) is 0 Å². The van der Waals surface area contributed by atoms with Crippen molar-refractivity contribution in [2.75, 3.05) is 7.11 Å². The van der Waals surface area contributed by atoms with Gasteiger partial charge < -0.3 is 9.84 Å². The molecule has 0 radical (unpaired) electrons. The van der Waals surface area contributed by atoms with E-state index >= 15 is 0 Å². The van der Waals surface area contributed by atoms with Crippen LogP contribution in [-0.2, 0) is 0 Å². The first-order chi connectivity index (χ1) is 7.61. The van der Waals surface area contributed by atoms with Crippen LogP contribution in [0.25, 0.3) is 10.9 Å². The molecule has 3 nitrogen and oxygen atoms in total. The lowest BCUT2D eigenvalue weighted by Crippen LogP contribution is -1.96. The molecule has 2 aromatic rings. The lowest BCUT2D eigenvalue weighted by Gasteiger charge is -2.11. The predicted octanol–water partition coefficient (Wildman–Crippen LogP) is 2.61. The first-order valence-corrected chi connectivity index (χ1v) is 5.25. The van der Waals surface area contributed by atoms with E-state index in [0.717, 1.165) is 27.9 Å². The number of nitrogens with zero attached hydrogens (tertiary/aromatic N) is 1. The van der Waals surface area contributed by atoms with E-state index < -0.39 is 6.10 Å². The fourth-order valence-electron chi connectivity index (χ4n) is 1.85. The molecule has 0 aliphatic heterocycles. The highest BCUT2D eigenvalue weighted by Crippen LogP contribution is 2.26.